The lowest BCUT2D eigenvalue weighted by atomic mass is 10.0. The van der Waals surface area contributed by atoms with Gasteiger partial charge in [0.2, 0.25) is 0 Å². The number of carbonyl (C=O) groups is 1. The molecule has 3 aromatic carbocycles. The van der Waals surface area contributed by atoms with Gasteiger partial charge < -0.3 is 4.90 Å². The second-order valence-corrected chi connectivity index (χ2v) is 7.94. The van der Waals surface area contributed by atoms with E-state index in [4.69, 9.17) is 0 Å². The van der Waals surface area contributed by atoms with E-state index < -0.39 is 0 Å². The van der Waals surface area contributed by atoms with Crippen LogP contribution in [0.3, 0.4) is 0 Å². The van der Waals surface area contributed by atoms with Crippen molar-refractivity contribution in [3.8, 4) is 5.69 Å². The second kappa shape index (κ2) is 8.28. The number of aryl methyl sites for hydroxylation is 1. The number of carbonyl (C=O) groups excluding carboxylic acids is 1. The van der Waals surface area contributed by atoms with Crippen molar-refractivity contribution in [2.24, 2.45) is 0 Å². The highest BCUT2D eigenvalue weighted by atomic mass is 16.2. The molecule has 4 aromatic rings. The fourth-order valence-corrected chi connectivity index (χ4v) is 4.08. The van der Waals surface area contributed by atoms with Crippen LogP contribution in [0, 0.1) is 6.92 Å². The average Bonchev–Trinajstić information content (AvgIpc) is 3.27. The van der Waals surface area contributed by atoms with Gasteiger partial charge in [0.1, 0.15) is 0 Å². The minimum absolute atomic E-state index is 0.0981. The Morgan fingerprint density at radius 2 is 1.65 bits per heavy atom. The maximum absolute atomic E-state index is 13.2. The minimum Gasteiger partial charge on any atom is -0.336 e. The van der Waals surface area contributed by atoms with Gasteiger partial charge in [-0.1, -0.05) is 54.1 Å². The van der Waals surface area contributed by atoms with Gasteiger partial charge in [0.05, 0.1) is 12.2 Å². The molecule has 156 valence electrons. The summed E-state index contributed by atoms with van der Waals surface area (Å²) in [4.78, 5) is 17.4. The van der Waals surface area contributed by atoms with Crippen LogP contribution in [0.25, 0.3) is 16.5 Å². The van der Waals surface area contributed by atoms with Crippen LogP contribution in [0.5, 0.6) is 0 Å². The van der Waals surface area contributed by atoms with Crippen LogP contribution in [-0.2, 0) is 6.54 Å². The molecule has 0 spiro atoms. The molecular weight excluding hydrogens is 388 g/mol. The van der Waals surface area contributed by atoms with Crippen molar-refractivity contribution in [3.05, 3.63) is 83.7 Å². The fraction of sp³-hybridized carbons (Fsp3) is 0.250. The molecular formula is C24H24N6O. The van der Waals surface area contributed by atoms with E-state index in [0.717, 1.165) is 40.9 Å². The van der Waals surface area contributed by atoms with E-state index in [9.17, 15) is 4.79 Å². The Morgan fingerprint density at radius 3 is 2.45 bits per heavy atom. The number of benzene rings is 3. The molecule has 1 aromatic heterocycles. The van der Waals surface area contributed by atoms with Gasteiger partial charge in [-0.25, -0.2) is 0 Å². The number of hydrogen-bond acceptors (Lipinski definition) is 5. The van der Waals surface area contributed by atoms with Crippen LogP contribution in [0.4, 0.5) is 0 Å². The number of amides is 1. The number of hydrogen-bond donors (Lipinski definition) is 0. The molecule has 0 N–H and O–H groups in total. The van der Waals surface area contributed by atoms with Crippen molar-refractivity contribution in [2.45, 2.75) is 13.5 Å². The molecule has 7 nitrogen and oxygen atoms in total. The van der Waals surface area contributed by atoms with Gasteiger partial charge in [-0.3, -0.25) is 9.69 Å². The van der Waals surface area contributed by atoms with E-state index in [1.807, 2.05) is 59.5 Å². The predicted molar refractivity (Wildman–Crippen MR) is 119 cm³/mol. The van der Waals surface area contributed by atoms with Crippen LogP contribution in [0.2, 0.25) is 0 Å². The summed E-state index contributed by atoms with van der Waals surface area (Å²) in [5.74, 6) is 0.902. The van der Waals surface area contributed by atoms with E-state index in [-0.39, 0.29) is 5.91 Å². The molecule has 1 fully saturated rings. The van der Waals surface area contributed by atoms with Gasteiger partial charge in [0, 0.05) is 31.7 Å². The Morgan fingerprint density at radius 1 is 0.903 bits per heavy atom. The van der Waals surface area contributed by atoms with Crippen LogP contribution >= 0.6 is 0 Å². The highest BCUT2D eigenvalue weighted by Crippen LogP contribution is 2.21. The number of piperazine rings is 1. The lowest BCUT2D eigenvalue weighted by Crippen LogP contribution is -2.48. The van der Waals surface area contributed by atoms with E-state index in [0.29, 0.717) is 19.6 Å². The summed E-state index contributed by atoms with van der Waals surface area (Å²) in [5.41, 5.74) is 2.93. The van der Waals surface area contributed by atoms with E-state index in [1.54, 1.807) is 4.68 Å². The van der Waals surface area contributed by atoms with E-state index in [1.165, 1.54) is 5.56 Å². The third-order valence-electron chi connectivity index (χ3n) is 5.86. The van der Waals surface area contributed by atoms with Gasteiger partial charge >= 0.3 is 0 Å². The molecule has 5 rings (SSSR count). The van der Waals surface area contributed by atoms with Crippen molar-refractivity contribution in [2.75, 3.05) is 26.2 Å². The van der Waals surface area contributed by atoms with Gasteiger partial charge in [-0.05, 0) is 46.3 Å². The third kappa shape index (κ3) is 3.92. The maximum atomic E-state index is 13.2. The summed E-state index contributed by atoms with van der Waals surface area (Å²) in [5, 5.41) is 14.4. The molecule has 1 amide bonds. The first kappa shape index (κ1) is 19.4. The Hall–Kier alpha value is -3.58. The van der Waals surface area contributed by atoms with E-state index >= 15 is 0 Å². The number of rotatable bonds is 4. The van der Waals surface area contributed by atoms with Crippen LogP contribution in [0.15, 0.2) is 66.7 Å². The van der Waals surface area contributed by atoms with Crippen molar-refractivity contribution < 1.29 is 4.79 Å². The highest BCUT2D eigenvalue weighted by Gasteiger charge is 2.24. The van der Waals surface area contributed by atoms with Crippen molar-refractivity contribution in [3.63, 3.8) is 0 Å². The lowest BCUT2D eigenvalue weighted by Gasteiger charge is -2.34. The molecule has 31 heavy (non-hydrogen) atoms. The molecule has 7 heteroatoms. The lowest BCUT2D eigenvalue weighted by molar-refractivity contribution is 0.0626. The number of nitrogens with zero attached hydrogens (tertiary/aromatic N) is 6. The van der Waals surface area contributed by atoms with Gasteiger partial charge in [-0.15, -0.1) is 5.10 Å². The maximum Gasteiger partial charge on any atom is 0.254 e. The number of tetrazole rings is 1. The zero-order chi connectivity index (χ0) is 21.2. The standard InChI is InChI=1S/C24H24N6O/c1-18-9-11-20(12-10-18)30-23(25-26-27-30)17-28-13-15-29(16-14-28)24(31)22-8-4-6-19-5-2-3-7-21(19)22/h2-12H,13-17H2,1H3. The minimum atomic E-state index is 0.0981. The molecule has 1 aliphatic rings. The zero-order valence-electron chi connectivity index (χ0n) is 17.5. The Kier molecular flexibility index (Phi) is 5.18. The number of fused-ring (bicyclic) bond motifs is 1. The first-order chi connectivity index (χ1) is 15.2. The number of aromatic nitrogens is 4. The molecule has 0 bridgehead atoms. The van der Waals surface area contributed by atoms with E-state index in [2.05, 4.69) is 39.5 Å². The molecule has 2 heterocycles. The van der Waals surface area contributed by atoms with Gasteiger partial charge in [0.25, 0.3) is 5.91 Å². The topological polar surface area (TPSA) is 67.2 Å². The first-order valence-corrected chi connectivity index (χ1v) is 10.5. The molecule has 1 saturated heterocycles. The van der Waals surface area contributed by atoms with Gasteiger partial charge in [-0.2, -0.15) is 4.68 Å². The Bertz CT molecular complexity index is 1200. The third-order valence-corrected chi connectivity index (χ3v) is 5.86. The molecule has 0 radical (unpaired) electrons. The molecule has 0 saturated carbocycles. The second-order valence-electron chi connectivity index (χ2n) is 7.94. The SMILES string of the molecule is Cc1ccc(-n2nnnc2CN2CCN(C(=O)c3cccc4ccccc34)CC2)cc1. The smallest absolute Gasteiger partial charge is 0.254 e. The monoisotopic (exact) mass is 412 g/mol. The Balaban J connectivity index is 1.26. The summed E-state index contributed by atoms with van der Waals surface area (Å²) >= 11 is 0. The summed E-state index contributed by atoms with van der Waals surface area (Å²) in [6.07, 6.45) is 0. The fourth-order valence-electron chi connectivity index (χ4n) is 4.08. The first-order valence-electron chi connectivity index (χ1n) is 10.5. The summed E-state index contributed by atoms with van der Waals surface area (Å²) in [7, 11) is 0. The zero-order valence-corrected chi connectivity index (χ0v) is 17.5. The highest BCUT2D eigenvalue weighted by molar-refractivity contribution is 6.07. The van der Waals surface area contributed by atoms with Crippen LogP contribution in [-0.4, -0.2) is 62.1 Å². The molecule has 0 aliphatic carbocycles. The van der Waals surface area contributed by atoms with Gasteiger partial charge in [0.15, 0.2) is 5.82 Å². The van der Waals surface area contributed by atoms with Crippen molar-refractivity contribution in [1.82, 2.24) is 30.0 Å². The molecule has 1 aliphatic heterocycles. The molecule has 0 unspecified atom stereocenters. The summed E-state index contributed by atoms with van der Waals surface area (Å²) in [6.45, 7) is 5.66. The van der Waals surface area contributed by atoms with Crippen molar-refractivity contribution in [1.29, 1.82) is 0 Å². The average molecular weight is 412 g/mol. The summed E-state index contributed by atoms with van der Waals surface area (Å²) < 4.78 is 1.78. The predicted octanol–water partition coefficient (Wildman–Crippen LogP) is 3.08. The van der Waals surface area contributed by atoms with Crippen LogP contribution in [0.1, 0.15) is 21.7 Å². The quantitative estimate of drug-likeness (QED) is 0.515. The molecule has 0 atom stereocenters. The largest absolute Gasteiger partial charge is 0.336 e. The van der Waals surface area contributed by atoms with Crippen molar-refractivity contribution >= 4 is 16.7 Å². The normalized spacial score (nSPS) is 14.8. The van der Waals surface area contributed by atoms with Crippen LogP contribution < -0.4 is 0 Å². The summed E-state index contributed by atoms with van der Waals surface area (Å²) in [6, 6.07) is 22.1. The Labute approximate surface area is 180 Å².